The smallest absolute Gasteiger partial charge is 0.268 e. The molecular weight excluding hydrogens is 1000 g/mol. The fourth-order valence-corrected chi connectivity index (χ4v) is 11.7. The van der Waals surface area contributed by atoms with Crippen LogP contribution in [0.15, 0.2) is 103 Å². The lowest BCUT2D eigenvalue weighted by Gasteiger charge is -2.38. The minimum atomic E-state index is -1.06. The van der Waals surface area contributed by atoms with E-state index in [9.17, 15) is 43.2 Å². The summed E-state index contributed by atoms with van der Waals surface area (Å²) in [5.74, 6) is 2.80. The first-order valence-electron chi connectivity index (χ1n) is 27.7. The molecule has 7 amide bonds. The zero-order chi connectivity index (χ0) is 55.6. The third-order valence-electron chi connectivity index (χ3n) is 16.0. The highest BCUT2D eigenvalue weighted by Crippen LogP contribution is 2.34. The number of imide groups is 1. The highest BCUT2D eigenvalue weighted by atomic mass is 16.2. The average molecular weight is 1070 g/mol. The number of unbranched alkanes of at least 4 members (excludes halogenated alkanes) is 4. The molecule has 5 heterocycles. The second kappa shape index (κ2) is 25.5. The molecule has 4 aromatic carbocycles. The lowest BCUT2D eigenvalue weighted by Crippen LogP contribution is -2.59. The van der Waals surface area contributed by atoms with E-state index in [0.717, 1.165) is 47.9 Å². The van der Waals surface area contributed by atoms with E-state index in [4.69, 9.17) is 5.73 Å². The van der Waals surface area contributed by atoms with Crippen molar-refractivity contribution in [1.29, 1.82) is 0 Å². The van der Waals surface area contributed by atoms with Crippen LogP contribution < -0.4 is 27.0 Å². The highest BCUT2D eigenvalue weighted by molar-refractivity contribution is 6.06. The van der Waals surface area contributed by atoms with Crippen molar-refractivity contribution in [2.24, 2.45) is 5.73 Å². The van der Waals surface area contributed by atoms with Gasteiger partial charge in [0.25, 0.3) is 11.8 Å². The maximum absolute atomic E-state index is 14.9. The van der Waals surface area contributed by atoms with Gasteiger partial charge in [0, 0.05) is 77.8 Å². The molecular formula is C62H68N8O9. The van der Waals surface area contributed by atoms with Crippen LogP contribution in [-0.2, 0) is 35.3 Å². The molecule has 410 valence electrons. The molecule has 0 bridgehead atoms. The molecule has 79 heavy (non-hydrogen) atoms. The Balaban J connectivity index is 0.844. The number of H-pyrrole nitrogens is 1. The Hall–Kier alpha value is -8.23. The topological polar surface area (TPSA) is 250 Å². The summed E-state index contributed by atoms with van der Waals surface area (Å²) in [6.45, 7) is 2.45. The van der Waals surface area contributed by atoms with E-state index in [1.54, 1.807) is 41.3 Å². The molecule has 17 heteroatoms. The van der Waals surface area contributed by atoms with Crippen LogP contribution in [0.4, 0.5) is 0 Å². The van der Waals surface area contributed by atoms with Crippen molar-refractivity contribution in [3.05, 3.63) is 142 Å². The minimum absolute atomic E-state index is 0.0100. The van der Waals surface area contributed by atoms with Crippen LogP contribution in [0.2, 0.25) is 0 Å². The summed E-state index contributed by atoms with van der Waals surface area (Å²) in [7, 11) is 0. The van der Waals surface area contributed by atoms with Crippen LogP contribution in [0.1, 0.15) is 163 Å². The van der Waals surface area contributed by atoms with Gasteiger partial charge in [-0.15, -0.1) is 0 Å². The van der Waals surface area contributed by atoms with Gasteiger partial charge in [0.05, 0.1) is 6.04 Å². The molecule has 3 saturated heterocycles. The molecule has 0 aliphatic carbocycles. The zero-order valence-electron chi connectivity index (χ0n) is 44.5. The van der Waals surface area contributed by atoms with Crippen molar-refractivity contribution < 1.29 is 43.2 Å². The number of aromatic amines is 1. The number of ketones is 2. The normalized spacial score (nSPS) is 20.4. The van der Waals surface area contributed by atoms with E-state index in [1.165, 1.54) is 11.8 Å². The Morgan fingerprint density at radius 3 is 2.28 bits per heavy atom. The summed E-state index contributed by atoms with van der Waals surface area (Å²) in [6, 6.07) is 27.4. The fourth-order valence-electron chi connectivity index (χ4n) is 11.7. The first-order valence-corrected chi connectivity index (χ1v) is 27.7. The van der Waals surface area contributed by atoms with Crippen molar-refractivity contribution in [3.8, 4) is 11.8 Å². The van der Waals surface area contributed by atoms with Crippen molar-refractivity contribution in [2.75, 3.05) is 6.54 Å². The quantitative estimate of drug-likeness (QED) is 0.0208. The number of amides is 7. The van der Waals surface area contributed by atoms with Gasteiger partial charge in [0.15, 0.2) is 11.6 Å². The number of fused-ring (bicyclic) bond motifs is 3. The second-order valence-corrected chi connectivity index (χ2v) is 21.3. The third kappa shape index (κ3) is 13.4. The number of primary amides is 1. The van der Waals surface area contributed by atoms with Crippen LogP contribution in [0.3, 0.4) is 0 Å². The molecule has 9 rings (SSSR count). The van der Waals surface area contributed by atoms with Gasteiger partial charge in [-0.25, -0.2) is 0 Å². The second-order valence-electron chi connectivity index (χ2n) is 21.3. The van der Waals surface area contributed by atoms with Crippen LogP contribution in [0, 0.1) is 11.8 Å². The van der Waals surface area contributed by atoms with E-state index in [-0.39, 0.29) is 85.2 Å². The minimum Gasteiger partial charge on any atom is -0.370 e. The van der Waals surface area contributed by atoms with Crippen LogP contribution >= 0.6 is 0 Å². The summed E-state index contributed by atoms with van der Waals surface area (Å²) in [5, 5.41) is 12.7. The van der Waals surface area contributed by atoms with Gasteiger partial charge in [0.2, 0.25) is 29.5 Å². The van der Waals surface area contributed by atoms with Crippen molar-refractivity contribution in [2.45, 2.75) is 152 Å². The molecule has 0 saturated carbocycles. The van der Waals surface area contributed by atoms with Gasteiger partial charge in [0.1, 0.15) is 23.8 Å². The van der Waals surface area contributed by atoms with Gasteiger partial charge < -0.3 is 36.5 Å². The molecule has 5 aromatic rings. The Labute approximate surface area is 459 Å². The monoisotopic (exact) mass is 1070 g/mol. The van der Waals surface area contributed by atoms with Gasteiger partial charge in [-0.2, -0.15) is 0 Å². The van der Waals surface area contributed by atoms with E-state index >= 15 is 0 Å². The number of Topliss-reactive ketones (excluding diaryl/α,β-unsaturated/α-hetero) is 2. The summed E-state index contributed by atoms with van der Waals surface area (Å²) >= 11 is 0. The number of nitrogens with one attached hydrogen (secondary N) is 5. The van der Waals surface area contributed by atoms with Gasteiger partial charge in [-0.1, -0.05) is 91.4 Å². The van der Waals surface area contributed by atoms with Gasteiger partial charge in [-0.3, -0.25) is 48.5 Å². The number of nitrogens with two attached hydrogens (primary N) is 1. The van der Waals surface area contributed by atoms with E-state index in [1.807, 2.05) is 66.7 Å². The van der Waals surface area contributed by atoms with Gasteiger partial charge >= 0.3 is 0 Å². The first-order chi connectivity index (χ1) is 38.2. The molecule has 0 spiro atoms. The van der Waals surface area contributed by atoms with Crippen LogP contribution in [0.25, 0.3) is 10.9 Å². The number of hydrogen-bond acceptors (Lipinski definition) is 10. The van der Waals surface area contributed by atoms with Gasteiger partial charge in [-0.05, 0) is 124 Å². The fraction of sp³-hybridized carbons (Fsp3) is 0.403. The van der Waals surface area contributed by atoms with Crippen LogP contribution in [0.5, 0.6) is 0 Å². The lowest BCUT2D eigenvalue weighted by molar-refractivity contribution is -0.143. The largest absolute Gasteiger partial charge is 0.370 e. The van der Waals surface area contributed by atoms with Crippen LogP contribution in [-0.4, -0.2) is 110 Å². The van der Waals surface area contributed by atoms with E-state index < -0.39 is 47.8 Å². The third-order valence-corrected chi connectivity index (χ3v) is 16.0. The number of rotatable bonds is 21. The van der Waals surface area contributed by atoms with Crippen molar-refractivity contribution in [3.63, 3.8) is 0 Å². The number of piperidine rings is 1. The summed E-state index contributed by atoms with van der Waals surface area (Å²) < 4.78 is 0. The zero-order valence-corrected chi connectivity index (χ0v) is 44.5. The molecule has 3 fully saturated rings. The number of aromatic nitrogens is 1. The summed E-state index contributed by atoms with van der Waals surface area (Å²) in [5.41, 5.74) is 10.9. The van der Waals surface area contributed by atoms with E-state index in [2.05, 4.69) is 38.1 Å². The molecule has 6 atom stereocenters. The first kappa shape index (κ1) is 55.5. The molecule has 7 N–H and O–H groups in total. The maximum atomic E-state index is 14.9. The molecule has 0 radical (unpaired) electrons. The standard InChI is InChI=1S/C62H68N8O9/c1-38(71)42-22-25-49-43(33-42)34-52(65-49)58(75)67-51-26-23-44(64-32-13-5-3-2-4-8-19-41-20-14-21-46-48(41)37-69(61(46)78)53-29-31-57(74)68-59(53)76)35-45-24-28-54(70(45)62(51)79)60(77)66-50(27-30-56(63)73)55(72)36-47(39-15-9-6-10-16-39)40-17-11-7-12-18-40/h6-7,9-12,14-18,20-22,25,33-34,44-45,47,50-51,53-54,64-65H,2-5,13,23-24,26-32,35-37H2,1H3,(H2,63,73)(H,66,77)(H,67,75)(H,68,74,76)/t44-,45+,50-,51-,53?,54-/m0/s1. The Bertz CT molecular complexity index is 3160. The Morgan fingerprint density at radius 2 is 1.56 bits per heavy atom. The predicted molar refractivity (Wildman–Crippen MR) is 296 cm³/mol. The van der Waals surface area contributed by atoms with Crippen molar-refractivity contribution in [1.82, 2.24) is 36.1 Å². The molecule has 1 unspecified atom stereocenters. The highest BCUT2D eigenvalue weighted by Gasteiger charge is 2.46. The molecule has 17 nitrogen and oxygen atoms in total. The summed E-state index contributed by atoms with van der Waals surface area (Å²) in [6.07, 6.45) is 6.99. The number of hydrogen-bond donors (Lipinski definition) is 6. The molecule has 4 aliphatic rings. The number of benzene rings is 4. The number of nitrogens with zero attached hydrogens (tertiary/aromatic N) is 2. The SMILES string of the molecule is CC(=O)c1ccc2[nH]c(C(=O)N[C@H]3CC[C@H](NCCCCCCC#Cc4cccc5c4CN(C4CCC(=O)NC4=O)C5=O)C[C@H]4CC[C@@H](C(=O)N[C@@H](CCC(N)=O)C(=O)CC(c5ccccc5)c5ccccc5)N4C3=O)cc2c1. The predicted octanol–water partition coefficient (Wildman–Crippen LogP) is 6.28. The lowest BCUT2D eigenvalue weighted by atomic mass is 9.85. The molecule has 1 aromatic heterocycles. The van der Waals surface area contributed by atoms with Crippen molar-refractivity contribution >= 4 is 63.8 Å². The van der Waals surface area contributed by atoms with E-state index in [0.29, 0.717) is 73.5 Å². The maximum Gasteiger partial charge on any atom is 0.268 e. The Kier molecular flexibility index (Phi) is 17.9. The Morgan fingerprint density at radius 1 is 0.810 bits per heavy atom. The average Bonchev–Trinajstić information content (AvgIpc) is 4.21. The summed E-state index contributed by atoms with van der Waals surface area (Å²) in [4.78, 5) is 126. The number of carbonyl (C=O) groups excluding carboxylic acids is 9. The molecule has 4 aliphatic heterocycles. The number of carbonyl (C=O) groups is 9.